The molecule has 0 spiro atoms. The number of aryl methyl sites for hydroxylation is 1. The first-order valence-electron chi connectivity index (χ1n) is 5.73. The van der Waals surface area contributed by atoms with E-state index in [9.17, 15) is 0 Å². The first kappa shape index (κ1) is 13.6. The summed E-state index contributed by atoms with van der Waals surface area (Å²) in [5.74, 6) is 0. The van der Waals surface area contributed by atoms with Crippen molar-refractivity contribution in [1.82, 2.24) is 0 Å². The molecule has 0 amide bonds. The molecule has 1 N–H and O–H groups in total. The Balaban J connectivity index is 2.92. The van der Waals surface area contributed by atoms with Gasteiger partial charge in [0.1, 0.15) is 0 Å². The molecule has 1 rings (SSSR count). The molecule has 16 heavy (non-hydrogen) atoms. The van der Waals surface area contributed by atoms with Crippen LogP contribution in [0.2, 0.25) is 0 Å². The summed E-state index contributed by atoms with van der Waals surface area (Å²) in [7, 11) is 0. The normalized spacial score (nSPS) is 13.9. The molecule has 0 saturated carbocycles. The van der Waals surface area contributed by atoms with Crippen molar-refractivity contribution in [3.63, 3.8) is 0 Å². The molecule has 0 bridgehead atoms. The van der Waals surface area contributed by atoms with Crippen LogP contribution in [0.25, 0.3) is 0 Å². The first-order valence-corrected chi connectivity index (χ1v) is 6.61. The van der Waals surface area contributed by atoms with Crippen molar-refractivity contribution in [3.8, 4) is 0 Å². The maximum Gasteiger partial charge on any atom is 0.0550 e. The summed E-state index contributed by atoms with van der Waals surface area (Å²) < 4.78 is 0. The summed E-state index contributed by atoms with van der Waals surface area (Å²) >= 11 is 1.74. The van der Waals surface area contributed by atoms with Crippen LogP contribution in [0.3, 0.4) is 0 Å². The average molecular weight is 238 g/mol. The Kier molecular flexibility index (Phi) is 4.45. The quantitative estimate of drug-likeness (QED) is 0.809. The van der Waals surface area contributed by atoms with E-state index in [1.54, 1.807) is 11.8 Å². The first-order chi connectivity index (χ1) is 7.34. The van der Waals surface area contributed by atoms with Crippen LogP contribution in [-0.4, -0.2) is 17.0 Å². The fourth-order valence-electron chi connectivity index (χ4n) is 1.50. The molecule has 0 aliphatic carbocycles. The van der Waals surface area contributed by atoms with Crippen LogP contribution < -0.4 is 0 Å². The second-order valence-electron chi connectivity index (χ2n) is 5.34. The zero-order valence-corrected chi connectivity index (χ0v) is 11.7. The Bertz CT molecular complexity index is 352. The molecule has 90 valence electrons. The summed E-state index contributed by atoms with van der Waals surface area (Å²) in [4.78, 5) is 1.27. The van der Waals surface area contributed by atoms with Gasteiger partial charge in [0.05, 0.1) is 6.61 Å². The summed E-state index contributed by atoms with van der Waals surface area (Å²) in [6.07, 6.45) is 0. The molecule has 0 aliphatic rings. The van der Waals surface area contributed by atoms with Crippen LogP contribution in [0.15, 0.2) is 23.1 Å². The van der Waals surface area contributed by atoms with Gasteiger partial charge in [-0.1, -0.05) is 39.8 Å². The molecule has 0 heterocycles. The lowest BCUT2D eigenvalue weighted by atomic mass is 9.86. The summed E-state index contributed by atoms with van der Waals surface area (Å²) in [6.45, 7) is 11.1. The second-order valence-corrected chi connectivity index (χ2v) is 6.82. The standard InChI is InChI=1S/C14H22OS/c1-10-8-12(14(3,4)5)6-7-13(10)16-11(2)9-15/h6-8,11,15H,9H2,1-5H3. The smallest absolute Gasteiger partial charge is 0.0550 e. The highest BCUT2D eigenvalue weighted by Crippen LogP contribution is 2.30. The van der Waals surface area contributed by atoms with Gasteiger partial charge in [0, 0.05) is 10.1 Å². The Morgan fingerprint density at radius 3 is 2.38 bits per heavy atom. The van der Waals surface area contributed by atoms with Crippen LogP contribution in [0, 0.1) is 6.92 Å². The third-order valence-electron chi connectivity index (χ3n) is 2.63. The molecule has 2 heteroatoms. The van der Waals surface area contributed by atoms with E-state index < -0.39 is 0 Å². The highest BCUT2D eigenvalue weighted by molar-refractivity contribution is 8.00. The van der Waals surface area contributed by atoms with Crippen LogP contribution in [0.1, 0.15) is 38.8 Å². The van der Waals surface area contributed by atoms with Gasteiger partial charge in [0.2, 0.25) is 0 Å². The van der Waals surface area contributed by atoms with Gasteiger partial charge in [-0.3, -0.25) is 0 Å². The van der Waals surface area contributed by atoms with E-state index in [-0.39, 0.29) is 17.3 Å². The van der Waals surface area contributed by atoms with Crippen molar-refractivity contribution in [1.29, 1.82) is 0 Å². The lowest BCUT2D eigenvalue weighted by molar-refractivity contribution is 0.300. The zero-order valence-electron chi connectivity index (χ0n) is 10.9. The van der Waals surface area contributed by atoms with E-state index in [1.165, 1.54) is 16.0 Å². The second kappa shape index (κ2) is 5.24. The van der Waals surface area contributed by atoms with E-state index >= 15 is 0 Å². The van der Waals surface area contributed by atoms with Gasteiger partial charge in [-0.05, 0) is 29.5 Å². The minimum atomic E-state index is 0.205. The predicted molar refractivity (Wildman–Crippen MR) is 72.3 cm³/mol. The minimum Gasteiger partial charge on any atom is -0.395 e. The third-order valence-corrected chi connectivity index (χ3v) is 3.89. The van der Waals surface area contributed by atoms with E-state index in [0.29, 0.717) is 0 Å². The third kappa shape index (κ3) is 3.53. The highest BCUT2D eigenvalue weighted by atomic mass is 32.2. The van der Waals surface area contributed by atoms with Gasteiger partial charge >= 0.3 is 0 Å². The topological polar surface area (TPSA) is 20.2 Å². The van der Waals surface area contributed by atoms with Gasteiger partial charge in [-0.15, -0.1) is 11.8 Å². The van der Waals surface area contributed by atoms with Gasteiger partial charge in [-0.2, -0.15) is 0 Å². The zero-order chi connectivity index (χ0) is 12.3. The molecule has 1 aromatic rings. The summed E-state index contributed by atoms with van der Waals surface area (Å²) in [5.41, 5.74) is 2.88. The Hall–Kier alpha value is -0.470. The molecule has 1 aromatic carbocycles. The predicted octanol–water partition coefficient (Wildman–Crippen LogP) is 3.77. The molecular formula is C14H22OS. The Morgan fingerprint density at radius 2 is 1.94 bits per heavy atom. The van der Waals surface area contributed by atoms with Crippen LogP contribution in [0.4, 0.5) is 0 Å². The summed E-state index contributed by atoms with van der Waals surface area (Å²) in [5, 5.41) is 9.31. The number of aliphatic hydroxyl groups is 1. The number of aliphatic hydroxyl groups excluding tert-OH is 1. The Morgan fingerprint density at radius 1 is 1.31 bits per heavy atom. The Labute approximate surface area is 103 Å². The molecule has 1 atom stereocenters. The van der Waals surface area contributed by atoms with Gasteiger partial charge in [0.15, 0.2) is 0 Å². The van der Waals surface area contributed by atoms with Crippen molar-refractivity contribution in [2.45, 2.75) is 50.2 Å². The highest BCUT2D eigenvalue weighted by Gasteiger charge is 2.15. The van der Waals surface area contributed by atoms with Gasteiger partial charge < -0.3 is 5.11 Å². The van der Waals surface area contributed by atoms with E-state index in [1.807, 2.05) is 6.92 Å². The number of thioether (sulfide) groups is 1. The van der Waals surface area contributed by atoms with E-state index in [2.05, 4.69) is 45.9 Å². The molecule has 0 fully saturated rings. The van der Waals surface area contributed by atoms with Crippen molar-refractivity contribution in [3.05, 3.63) is 29.3 Å². The number of benzene rings is 1. The molecule has 0 aromatic heterocycles. The largest absolute Gasteiger partial charge is 0.395 e. The number of rotatable bonds is 3. The maximum absolute atomic E-state index is 9.05. The molecular weight excluding hydrogens is 216 g/mol. The van der Waals surface area contributed by atoms with Crippen molar-refractivity contribution >= 4 is 11.8 Å². The van der Waals surface area contributed by atoms with E-state index in [0.717, 1.165) is 0 Å². The SMILES string of the molecule is Cc1cc(C(C)(C)C)ccc1SC(C)CO. The van der Waals surface area contributed by atoms with Crippen molar-refractivity contribution in [2.24, 2.45) is 0 Å². The summed E-state index contributed by atoms with van der Waals surface area (Å²) in [6, 6.07) is 6.62. The van der Waals surface area contributed by atoms with Crippen LogP contribution >= 0.6 is 11.8 Å². The van der Waals surface area contributed by atoms with Crippen LogP contribution in [0.5, 0.6) is 0 Å². The van der Waals surface area contributed by atoms with Gasteiger partial charge in [0.25, 0.3) is 0 Å². The fraction of sp³-hybridized carbons (Fsp3) is 0.571. The van der Waals surface area contributed by atoms with Crippen molar-refractivity contribution < 1.29 is 5.11 Å². The molecule has 0 saturated heterocycles. The lowest BCUT2D eigenvalue weighted by Crippen LogP contribution is -2.11. The number of hydrogen-bond donors (Lipinski definition) is 1. The van der Waals surface area contributed by atoms with Crippen LogP contribution in [-0.2, 0) is 5.41 Å². The monoisotopic (exact) mass is 238 g/mol. The number of hydrogen-bond acceptors (Lipinski definition) is 2. The molecule has 0 aliphatic heterocycles. The fourth-order valence-corrected chi connectivity index (χ4v) is 2.40. The molecule has 1 nitrogen and oxygen atoms in total. The minimum absolute atomic E-state index is 0.205. The van der Waals surface area contributed by atoms with Gasteiger partial charge in [-0.25, -0.2) is 0 Å². The molecule has 0 radical (unpaired) electrons. The maximum atomic E-state index is 9.05. The average Bonchev–Trinajstić information content (AvgIpc) is 2.19. The van der Waals surface area contributed by atoms with Crippen molar-refractivity contribution in [2.75, 3.05) is 6.61 Å². The van der Waals surface area contributed by atoms with E-state index in [4.69, 9.17) is 5.11 Å². The lowest BCUT2D eigenvalue weighted by Gasteiger charge is -2.21. The molecule has 1 unspecified atom stereocenters.